The van der Waals surface area contributed by atoms with Gasteiger partial charge in [0, 0.05) is 18.1 Å². The lowest BCUT2D eigenvalue weighted by atomic mass is 10.0. The van der Waals surface area contributed by atoms with Crippen LogP contribution in [0.4, 0.5) is 0 Å². The fourth-order valence-electron chi connectivity index (χ4n) is 2.04. The number of benzene rings is 1. The second-order valence-corrected chi connectivity index (χ2v) is 5.04. The summed E-state index contributed by atoms with van der Waals surface area (Å²) in [5, 5.41) is 19.0. The predicted octanol–water partition coefficient (Wildman–Crippen LogP) is 0.674. The number of carbonyl (C=O) groups excluding carboxylic acids is 1. The van der Waals surface area contributed by atoms with E-state index in [1.165, 1.54) is 23.1 Å². The molecule has 0 aromatic heterocycles. The quantitative estimate of drug-likeness (QED) is 0.741. The minimum absolute atomic E-state index is 0.0801. The lowest BCUT2D eigenvalue weighted by Gasteiger charge is -2.20. The van der Waals surface area contributed by atoms with E-state index in [2.05, 4.69) is 0 Å². The second-order valence-electron chi connectivity index (χ2n) is 4.60. The number of hydrogen-bond donors (Lipinski definition) is 3. The molecule has 2 rings (SSSR count). The molecule has 0 saturated carbocycles. The van der Waals surface area contributed by atoms with Crippen LogP contribution in [0, 0.1) is 0 Å². The first-order valence-electron chi connectivity index (χ1n) is 5.63. The summed E-state index contributed by atoms with van der Waals surface area (Å²) in [6, 6.07) is 4.15. The van der Waals surface area contributed by atoms with Crippen molar-refractivity contribution >= 4 is 23.5 Å². The third-order valence-electron chi connectivity index (χ3n) is 3.20. The third-order valence-corrected chi connectivity index (χ3v) is 3.44. The number of rotatable bonds is 2. The Morgan fingerprint density at radius 3 is 2.63 bits per heavy atom. The molecule has 1 atom stereocenters. The number of phenols is 1. The van der Waals surface area contributed by atoms with Gasteiger partial charge in [-0.3, -0.25) is 9.59 Å². The molecular formula is C12H13ClN2O4. The first-order chi connectivity index (χ1) is 8.83. The highest BCUT2D eigenvalue weighted by atomic mass is 35.5. The van der Waals surface area contributed by atoms with E-state index in [0.717, 1.165) is 0 Å². The first kappa shape index (κ1) is 13.6. The molecule has 19 heavy (non-hydrogen) atoms. The molecule has 0 aliphatic carbocycles. The number of carboxylic acid groups (broad SMARTS) is 1. The highest BCUT2D eigenvalue weighted by Gasteiger charge is 2.43. The number of carboxylic acids is 1. The van der Waals surface area contributed by atoms with E-state index in [1.54, 1.807) is 0 Å². The number of halogens is 1. The van der Waals surface area contributed by atoms with E-state index in [1.807, 2.05) is 0 Å². The number of nitrogens with two attached hydrogens (primary N) is 1. The lowest BCUT2D eigenvalue weighted by Crippen LogP contribution is -2.50. The average Bonchev–Trinajstić information content (AvgIpc) is 2.73. The van der Waals surface area contributed by atoms with Gasteiger partial charge < -0.3 is 20.8 Å². The molecule has 1 aromatic rings. The molecule has 1 heterocycles. The Labute approximate surface area is 114 Å². The van der Waals surface area contributed by atoms with Gasteiger partial charge in [0.1, 0.15) is 11.3 Å². The van der Waals surface area contributed by atoms with Crippen LogP contribution in [0.5, 0.6) is 5.75 Å². The maximum absolute atomic E-state index is 12.2. The third kappa shape index (κ3) is 2.50. The van der Waals surface area contributed by atoms with Crippen molar-refractivity contribution in [3.05, 3.63) is 28.8 Å². The standard InChI is InChI=1S/C12H13ClN2O4/c13-7-1-2-8(9(16)5-7)10(17)15-4-3-12(14,6-15)11(18)19/h1-2,5,16H,3-4,6,14H2,(H,18,19). The maximum atomic E-state index is 12.2. The Morgan fingerprint density at radius 1 is 1.42 bits per heavy atom. The molecule has 6 nitrogen and oxygen atoms in total. The van der Waals surface area contributed by atoms with Crippen LogP contribution < -0.4 is 5.73 Å². The van der Waals surface area contributed by atoms with Gasteiger partial charge in [-0.15, -0.1) is 0 Å². The van der Waals surface area contributed by atoms with Gasteiger partial charge in [-0.25, -0.2) is 0 Å². The Hall–Kier alpha value is -1.79. The van der Waals surface area contributed by atoms with Crippen molar-refractivity contribution in [3.63, 3.8) is 0 Å². The highest BCUT2D eigenvalue weighted by molar-refractivity contribution is 6.30. The van der Waals surface area contributed by atoms with Crippen LogP contribution in [-0.4, -0.2) is 45.6 Å². The number of amides is 1. The summed E-state index contributed by atoms with van der Waals surface area (Å²) >= 11 is 5.69. The second kappa shape index (κ2) is 4.71. The molecule has 1 aliphatic heterocycles. The van der Waals surface area contributed by atoms with Gasteiger partial charge >= 0.3 is 5.97 Å². The van der Waals surface area contributed by atoms with Crippen LogP contribution in [0.15, 0.2) is 18.2 Å². The van der Waals surface area contributed by atoms with Gasteiger partial charge in [0.2, 0.25) is 0 Å². The molecule has 1 aliphatic rings. The summed E-state index contributed by atoms with van der Waals surface area (Å²) in [7, 11) is 0. The number of hydrogen-bond acceptors (Lipinski definition) is 4. The van der Waals surface area contributed by atoms with Gasteiger partial charge in [0.25, 0.3) is 5.91 Å². The van der Waals surface area contributed by atoms with E-state index >= 15 is 0 Å². The first-order valence-corrected chi connectivity index (χ1v) is 6.01. The minimum Gasteiger partial charge on any atom is -0.507 e. The Kier molecular flexibility index (Phi) is 3.38. The summed E-state index contributed by atoms with van der Waals surface area (Å²) in [6.07, 6.45) is 0.183. The number of likely N-dealkylation sites (tertiary alicyclic amines) is 1. The highest BCUT2D eigenvalue weighted by Crippen LogP contribution is 2.26. The predicted molar refractivity (Wildman–Crippen MR) is 68.2 cm³/mol. The van der Waals surface area contributed by atoms with E-state index in [0.29, 0.717) is 5.02 Å². The number of aliphatic carboxylic acids is 1. The van der Waals surface area contributed by atoms with Gasteiger partial charge in [0.05, 0.1) is 5.56 Å². The van der Waals surface area contributed by atoms with Gasteiger partial charge in [-0.2, -0.15) is 0 Å². The van der Waals surface area contributed by atoms with Crippen LogP contribution in [0.3, 0.4) is 0 Å². The minimum atomic E-state index is -1.42. The van der Waals surface area contributed by atoms with Gasteiger partial charge in [0.15, 0.2) is 0 Å². The molecular weight excluding hydrogens is 272 g/mol. The summed E-state index contributed by atoms with van der Waals surface area (Å²) in [6.45, 7) is 0.160. The van der Waals surface area contributed by atoms with Gasteiger partial charge in [-0.05, 0) is 24.6 Å². The largest absolute Gasteiger partial charge is 0.507 e. The van der Waals surface area contributed by atoms with Crippen molar-refractivity contribution in [2.45, 2.75) is 12.0 Å². The molecule has 7 heteroatoms. The fraction of sp³-hybridized carbons (Fsp3) is 0.333. The monoisotopic (exact) mass is 284 g/mol. The SMILES string of the molecule is NC1(C(=O)O)CCN(C(=O)c2ccc(Cl)cc2O)C1. The van der Waals surface area contributed by atoms with Crippen LogP contribution in [0.2, 0.25) is 5.02 Å². The molecule has 1 fully saturated rings. The average molecular weight is 285 g/mol. The molecule has 102 valence electrons. The van der Waals surface area contributed by atoms with Crippen molar-refractivity contribution in [2.24, 2.45) is 5.73 Å². The molecule has 1 amide bonds. The van der Waals surface area contributed by atoms with E-state index < -0.39 is 17.4 Å². The topological polar surface area (TPSA) is 104 Å². The Bertz CT molecular complexity index is 549. The zero-order valence-electron chi connectivity index (χ0n) is 9.97. The summed E-state index contributed by atoms with van der Waals surface area (Å²) in [5.74, 6) is -1.83. The van der Waals surface area contributed by atoms with Crippen LogP contribution >= 0.6 is 11.6 Å². The van der Waals surface area contributed by atoms with Crippen molar-refractivity contribution in [1.82, 2.24) is 4.90 Å². The van der Waals surface area contributed by atoms with Crippen LogP contribution in [-0.2, 0) is 4.79 Å². The molecule has 1 saturated heterocycles. The van der Waals surface area contributed by atoms with E-state index in [-0.39, 0.29) is 30.8 Å². The number of phenolic OH excluding ortho intramolecular Hbond substituents is 1. The van der Waals surface area contributed by atoms with Crippen molar-refractivity contribution < 1.29 is 19.8 Å². The molecule has 0 spiro atoms. The van der Waals surface area contributed by atoms with Gasteiger partial charge in [-0.1, -0.05) is 11.6 Å². The van der Waals surface area contributed by atoms with E-state index in [9.17, 15) is 14.7 Å². The van der Waals surface area contributed by atoms with Crippen molar-refractivity contribution in [3.8, 4) is 5.75 Å². The number of aromatic hydroxyl groups is 1. The number of nitrogens with zero attached hydrogens (tertiary/aromatic N) is 1. The smallest absolute Gasteiger partial charge is 0.325 e. The Morgan fingerprint density at radius 2 is 2.11 bits per heavy atom. The zero-order chi connectivity index (χ0) is 14.2. The fourth-order valence-corrected chi connectivity index (χ4v) is 2.20. The van der Waals surface area contributed by atoms with Crippen LogP contribution in [0.1, 0.15) is 16.8 Å². The molecule has 1 unspecified atom stereocenters. The van der Waals surface area contributed by atoms with Crippen LogP contribution in [0.25, 0.3) is 0 Å². The molecule has 4 N–H and O–H groups in total. The Balaban J connectivity index is 2.20. The molecule has 0 radical (unpaired) electrons. The molecule has 0 bridgehead atoms. The van der Waals surface area contributed by atoms with Crippen molar-refractivity contribution in [1.29, 1.82) is 0 Å². The summed E-state index contributed by atoms with van der Waals surface area (Å²) < 4.78 is 0. The number of carbonyl (C=O) groups is 2. The maximum Gasteiger partial charge on any atom is 0.325 e. The lowest BCUT2D eigenvalue weighted by molar-refractivity contribution is -0.142. The van der Waals surface area contributed by atoms with E-state index in [4.69, 9.17) is 22.4 Å². The molecule has 1 aromatic carbocycles. The van der Waals surface area contributed by atoms with Crippen molar-refractivity contribution in [2.75, 3.05) is 13.1 Å². The summed E-state index contributed by atoms with van der Waals surface area (Å²) in [5.41, 5.74) is 4.36. The summed E-state index contributed by atoms with van der Waals surface area (Å²) in [4.78, 5) is 24.5. The zero-order valence-corrected chi connectivity index (χ0v) is 10.7. The normalized spacial score (nSPS) is 22.5.